The molecule has 0 unspecified atom stereocenters. The molecule has 1 N–H and O–H groups in total. The highest BCUT2D eigenvalue weighted by atomic mass is 16.4. The molecule has 0 amide bonds. The zero-order valence-corrected chi connectivity index (χ0v) is 12.1. The van der Waals surface area contributed by atoms with Gasteiger partial charge >= 0.3 is 5.97 Å². The second-order valence-electron chi connectivity index (χ2n) is 4.68. The van der Waals surface area contributed by atoms with E-state index in [0.29, 0.717) is 5.56 Å². The van der Waals surface area contributed by atoms with Crippen molar-refractivity contribution in [2.45, 2.75) is 59.8 Å². The van der Waals surface area contributed by atoms with E-state index < -0.39 is 5.97 Å². The number of unbranched alkanes of at least 4 members (excludes halogenated alkanes) is 4. The van der Waals surface area contributed by atoms with E-state index in [1.165, 1.54) is 32.1 Å². The molecule has 0 spiro atoms. The van der Waals surface area contributed by atoms with Crippen molar-refractivity contribution in [2.24, 2.45) is 0 Å². The minimum absolute atomic E-state index is 0.385. The van der Waals surface area contributed by atoms with Crippen molar-refractivity contribution in [3.8, 4) is 0 Å². The Bertz CT molecular complexity index is 352. The van der Waals surface area contributed by atoms with Gasteiger partial charge in [0.15, 0.2) is 0 Å². The highest BCUT2D eigenvalue weighted by molar-refractivity contribution is 5.89. The summed E-state index contributed by atoms with van der Waals surface area (Å²) in [6.07, 6.45) is 7.01. The molecule has 0 aliphatic heterocycles. The number of carboxylic acids is 1. The molecule has 0 atom stereocenters. The van der Waals surface area contributed by atoms with Gasteiger partial charge in [-0.3, -0.25) is 0 Å². The predicted molar refractivity (Wildman–Crippen MR) is 77.3 cm³/mol. The van der Waals surface area contributed by atoms with Crippen molar-refractivity contribution in [3.05, 3.63) is 34.9 Å². The number of hydrogen-bond donors (Lipinski definition) is 1. The molecule has 2 heteroatoms. The maximum atomic E-state index is 10.5. The van der Waals surface area contributed by atoms with Crippen LogP contribution in [0.15, 0.2) is 18.2 Å². The predicted octanol–water partition coefficient (Wildman–Crippen LogP) is 4.98. The van der Waals surface area contributed by atoms with E-state index in [4.69, 9.17) is 5.11 Å². The van der Waals surface area contributed by atoms with Crippen molar-refractivity contribution >= 4 is 5.97 Å². The molecule has 102 valence electrons. The minimum atomic E-state index is -0.859. The number of carboxylic acid groups (broad SMARTS) is 1. The van der Waals surface area contributed by atoms with Crippen molar-refractivity contribution in [1.29, 1.82) is 0 Å². The molecule has 0 radical (unpaired) electrons. The van der Waals surface area contributed by atoms with Crippen molar-refractivity contribution in [1.82, 2.24) is 0 Å². The topological polar surface area (TPSA) is 37.3 Å². The molecular formula is C16H26O2. The Labute approximate surface area is 111 Å². The quantitative estimate of drug-likeness (QED) is 0.748. The van der Waals surface area contributed by atoms with Gasteiger partial charge in [0.25, 0.3) is 0 Å². The lowest BCUT2D eigenvalue weighted by atomic mass is 10.1. The SMILES string of the molecule is CCCCCCC.Cc1ccc(C(=O)O)c(C)c1. The largest absolute Gasteiger partial charge is 0.478 e. The summed E-state index contributed by atoms with van der Waals surface area (Å²) in [4.78, 5) is 10.5. The van der Waals surface area contributed by atoms with Crippen LogP contribution in [0.1, 0.15) is 67.4 Å². The first-order chi connectivity index (χ1) is 8.52. The molecule has 0 bridgehead atoms. The highest BCUT2D eigenvalue weighted by Gasteiger charge is 2.04. The Balaban J connectivity index is 0.000000360. The zero-order valence-electron chi connectivity index (χ0n) is 12.1. The molecule has 0 fully saturated rings. The fraction of sp³-hybridized carbons (Fsp3) is 0.562. The minimum Gasteiger partial charge on any atom is -0.478 e. The van der Waals surface area contributed by atoms with Gasteiger partial charge < -0.3 is 5.11 Å². The van der Waals surface area contributed by atoms with Crippen molar-refractivity contribution < 1.29 is 9.90 Å². The molecule has 0 aliphatic carbocycles. The Morgan fingerprint density at radius 3 is 2.00 bits per heavy atom. The van der Waals surface area contributed by atoms with E-state index in [0.717, 1.165) is 11.1 Å². The molecule has 0 aromatic heterocycles. The first-order valence-electron chi connectivity index (χ1n) is 6.83. The summed E-state index contributed by atoms with van der Waals surface area (Å²) in [5, 5.41) is 8.66. The van der Waals surface area contributed by atoms with Crippen molar-refractivity contribution in [3.63, 3.8) is 0 Å². The number of rotatable bonds is 5. The summed E-state index contributed by atoms with van der Waals surface area (Å²) in [6, 6.07) is 5.30. The summed E-state index contributed by atoms with van der Waals surface area (Å²) in [6.45, 7) is 8.24. The monoisotopic (exact) mass is 250 g/mol. The molecule has 1 aromatic rings. The molecule has 0 saturated heterocycles. The lowest BCUT2D eigenvalue weighted by Crippen LogP contribution is -1.99. The van der Waals surface area contributed by atoms with E-state index in [1.54, 1.807) is 19.1 Å². The molecule has 0 heterocycles. The van der Waals surface area contributed by atoms with Crippen LogP contribution in [0.3, 0.4) is 0 Å². The van der Waals surface area contributed by atoms with Gasteiger partial charge in [-0.1, -0.05) is 63.6 Å². The van der Waals surface area contributed by atoms with Gasteiger partial charge in [-0.15, -0.1) is 0 Å². The number of aromatic carboxylic acids is 1. The Kier molecular flexibility index (Phi) is 8.99. The Morgan fingerprint density at radius 2 is 1.61 bits per heavy atom. The van der Waals surface area contributed by atoms with Gasteiger partial charge in [-0.05, 0) is 25.5 Å². The Morgan fingerprint density at radius 1 is 1.06 bits per heavy atom. The van der Waals surface area contributed by atoms with E-state index >= 15 is 0 Å². The standard InChI is InChI=1S/C9H10O2.C7H16/c1-6-3-4-8(9(10)11)7(2)5-6;1-3-5-7-6-4-2/h3-5H,1-2H3,(H,10,11);3-7H2,1-2H3. The number of carbonyl (C=O) groups is 1. The van der Waals surface area contributed by atoms with Crippen LogP contribution in [-0.2, 0) is 0 Å². The molecular weight excluding hydrogens is 224 g/mol. The third-order valence-corrected chi connectivity index (χ3v) is 2.82. The van der Waals surface area contributed by atoms with Gasteiger partial charge in [0.05, 0.1) is 5.56 Å². The molecule has 0 saturated carbocycles. The zero-order chi connectivity index (χ0) is 14.0. The van der Waals surface area contributed by atoms with Gasteiger partial charge in [0.2, 0.25) is 0 Å². The molecule has 1 rings (SSSR count). The Hall–Kier alpha value is -1.31. The van der Waals surface area contributed by atoms with E-state index in [1.807, 2.05) is 13.0 Å². The number of aryl methyl sites for hydroxylation is 2. The van der Waals surface area contributed by atoms with Crippen LogP contribution in [0.4, 0.5) is 0 Å². The second-order valence-corrected chi connectivity index (χ2v) is 4.68. The third-order valence-electron chi connectivity index (χ3n) is 2.82. The van der Waals surface area contributed by atoms with Gasteiger partial charge in [0, 0.05) is 0 Å². The lowest BCUT2D eigenvalue weighted by molar-refractivity contribution is 0.0696. The van der Waals surface area contributed by atoms with Gasteiger partial charge in [-0.25, -0.2) is 4.79 Å². The molecule has 2 nitrogen and oxygen atoms in total. The molecule has 0 aliphatic rings. The van der Waals surface area contributed by atoms with Crippen LogP contribution in [0.2, 0.25) is 0 Å². The van der Waals surface area contributed by atoms with Crippen LogP contribution in [-0.4, -0.2) is 11.1 Å². The third kappa shape index (κ3) is 7.10. The number of benzene rings is 1. The second kappa shape index (κ2) is 9.69. The smallest absolute Gasteiger partial charge is 0.335 e. The average Bonchev–Trinajstić information content (AvgIpc) is 2.30. The lowest BCUT2D eigenvalue weighted by Gasteiger charge is -2.00. The summed E-state index contributed by atoms with van der Waals surface area (Å²) < 4.78 is 0. The van der Waals surface area contributed by atoms with Crippen LogP contribution < -0.4 is 0 Å². The maximum Gasteiger partial charge on any atom is 0.335 e. The summed E-state index contributed by atoms with van der Waals surface area (Å²) in [7, 11) is 0. The summed E-state index contributed by atoms with van der Waals surface area (Å²) in [5.41, 5.74) is 2.29. The van der Waals surface area contributed by atoms with Gasteiger partial charge in [0.1, 0.15) is 0 Å². The van der Waals surface area contributed by atoms with E-state index in [2.05, 4.69) is 13.8 Å². The fourth-order valence-electron chi connectivity index (χ4n) is 1.73. The maximum absolute atomic E-state index is 10.5. The van der Waals surface area contributed by atoms with Crippen LogP contribution in [0, 0.1) is 13.8 Å². The average molecular weight is 250 g/mol. The van der Waals surface area contributed by atoms with Crippen molar-refractivity contribution in [2.75, 3.05) is 0 Å². The highest BCUT2D eigenvalue weighted by Crippen LogP contribution is 2.09. The van der Waals surface area contributed by atoms with Gasteiger partial charge in [-0.2, -0.15) is 0 Å². The van der Waals surface area contributed by atoms with Crippen LogP contribution in [0.5, 0.6) is 0 Å². The number of hydrogen-bond acceptors (Lipinski definition) is 1. The van der Waals surface area contributed by atoms with E-state index in [-0.39, 0.29) is 0 Å². The summed E-state index contributed by atoms with van der Waals surface area (Å²) in [5.74, 6) is -0.859. The van der Waals surface area contributed by atoms with Crippen LogP contribution >= 0.6 is 0 Å². The first-order valence-corrected chi connectivity index (χ1v) is 6.83. The first kappa shape index (κ1) is 16.7. The van der Waals surface area contributed by atoms with E-state index in [9.17, 15) is 4.79 Å². The molecule has 1 aromatic carbocycles. The normalized spacial score (nSPS) is 9.56. The van der Waals surface area contributed by atoms with Crippen LogP contribution in [0.25, 0.3) is 0 Å². The fourth-order valence-corrected chi connectivity index (χ4v) is 1.73. The summed E-state index contributed by atoms with van der Waals surface area (Å²) >= 11 is 0. The molecule has 18 heavy (non-hydrogen) atoms.